The molecule has 1 N–H and O–H groups in total. The topological polar surface area (TPSA) is 20.2 Å². The lowest BCUT2D eigenvalue weighted by molar-refractivity contribution is -0.316. The van der Waals surface area contributed by atoms with Gasteiger partial charge in [0.2, 0.25) is 0 Å². The number of aliphatic hydroxyl groups is 1. The minimum absolute atomic E-state index is 1.60. The van der Waals surface area contributed by atoms with Gasteiger partial charge in [-0.1, -0.05) is 0 Å². The van der Waals surface area contributed by atoms with Crippen LogP contribution < -0.4 is 0 Å². The minimum Gasteiger partial charge on any atom is -0.332 e. The maximum atomic E-state index is 11.5. The normalized spacial score (nSPS) is 14.0. The first-order valence-corrected chi connectivity index (χ1v) is 2.38. The summed E-state index contributed by atoms with van der Waals surface area (Å²) in [5.74, 6) is -6.13. The lowest BCUT2D eigenvalue weighted by Crippen LogP contribution is -2.41. The molecule has 0 saturated carbocycles. The third-order valence-corrected chi connectivity index (χ3v) is 0.944. The van der Waals surface area contributed by atoms with Crippen LogP contribution in [0.15, 0.2) is 0 Å². The molecule has 0 aliphatic rings. The highest BCUT2D eigenvalue weighted by Crippen LogP contribution is 2.32. The maximum Gasteiger partial charge on any atom is 0.418 e. The van der Waals surface area contributed by atoms with Gasteiger partial charge in [0.15, 0.2) is 0 Å². The second kappa shape index (κ2) is 2.30. The summed E-state index contributed by atoms with van der Waals surface area (Å²) < 4.78 is 45.5. The Morgan fingerprint density at radius 1 is 1.22 bits per heavy atom. The van der Waals surface area contributed by atoms with Crippen LogP contribution in [0.1, 0.15) is 0 Å². The Bertz CT molecular complexity index is 98.5. The third-order valence-electron chi connectivity index (χ3n) is 0.608. The number of alkyl halides is 5. The molecule has 0 bridgehead atoms. The largest absolute Gasteiger partial charge is 0.418 e. The lowest BCUT2D eigenvalue weighted by Gasteiger charge is -2.17. The Balaban J connectivity index is 4.14. The fourth-order valence-corrected chi connectivity index (χ4v) is 0.241. The van der Waals surface area contributed by atoms with E-state index in [0.717, 1.165) is 0 Å². The van der Waals surface area contributed by atoms with Gasteiger partial charge in [-0.05, 0) is 0 Å². The second-order valence-corrected chi connectivity index (χ2v) is 1.65. The number of hydrogen-bond acceptors (Lipinski definition) is 1. The summed E-state index contributed by atoms with van der Waals surface area (Å²) in [6, 6.07) is 0. The summed E-state index contributed by atoms with van der Waals surface area (Å²) in [4.78, 5) is 0. The van der Waals surface area contributed by atoms with Crippen molar-refractivity contribution in [1.29, 1.82) is 0 Å². The van der Waals surface area contributed by atoms with Crippen molar-refractivity contribution in [3.8, 4) is 0 Å². The zero-order chi connectivity index (χ0) is 7.71. The fraction of sp³-hybridized carbons (Fsp3) is 1.00. The molecule has 0 spiro atoms. The van der Waals surface area contributed by atoms with Gasteiger partial charge in [-0.3, -0.25) is 0 Å². The van der Waals surface area contributed by atoms with E-state index < -0.39 is 17.9 Å². The Hall–Kier alpha value is -0.0300. The van der Waals surface area contributed by atoms with Gasteiger partial charge < -0.3 is 5.11 Å². The predicted molar refractivity (Wildman–Crippen MR) is 22.8 cm³/mol. The first-order chi connectivity index (χ1) is 3.81. The van der Waals surface area contributed by atoms with Crippen molar-refractivity contribution in [2.24, 2.45) is 0 Å². The summed E-state index contributed by atoms with van der Waals surface area (Å²) in [7, 11) is 0. The lowest BCUT2D eigenvalue weighted by atomic mass is 10.4. The molecule has 0 rings (SSSR count). The van der Waals surface area contributed by atoms with Gasteiger partial charge in [-0.2, -0.15) is 17.6 Å². The SMILES string of the molecule is OC(F)(F)C(F)(F)CCl. The molecule has 0 fully saturated rings. The van der Waals surface area contributed by atoms with Gasteiger partial charge in [0, 0.05) is 0 Å². The molecule has 9 heavy (non-hydrogen) atoms. The first-order valence-electron chi connectivity index (χ1n) is 1.85. The molecule has 0 aliphatic heterocycles. The quantitative estimate of drug-likeness (QED) is 0.486. The van der Waals surface area contributed by atoms with Crippen LogP contribution in [0, 0.1) is 0 Å². The summed E-state index contributed by atoms with van der Waals surface area (Å²) in [6.07, 6.45) is -5.02. The molecule has 0 saturated heterocycles. The molecule has 0 radical (unpaired) electrons. The second-order valence-electron chi connectivity index (χ2n) is 1.38. The summed E-state index contributed by atoms with van der Waals surface area (Å²) in [5, 5.41) is 7.38. The molecule has 0 amide bonds. The molecular formula is C3H3ClF4O. The van der Waals surface area contributed by atoms with E-state index in [1.54, 1.807) is 0 Å². The zero-order valence-corrected chi connectivity index (χ0v) is 4.80. The smallest absolute Gasteiger partial charge is 0.332 e. The highest BCUT2D eigenvalue weighted by Gasteiger charge is 2.54. The Labute approximate surface area is 53.2 Å². The van der Waals surface area contributed by atoms with Gasteiger partial charge >= 0.3 is 12.0 Å². The molecular weight excluding hydrogens is 163 g/mol. The van der Waals surface area contributed by atoms with Crippen molar-refractivity contribution >= 4 is 11.6 Å². The van der Waals surface area contributed by atoms with Crippen LogP contribution >= 0.6 is 11.6 Å². The van der Waals surface area contributed by atoms with E-state index in [0.29, 0.717) is 0 Å². The van der Waals surface area contributed by atoms with E-state index in [9.17, 15) is 17.6 Å². The molecule has 0 aliphatic carbocycles. The average molecular weight is 167 g/mol. The van der Waals surface area contributed by atoms with E-state index in [1.807, 2.05) is 0 Å². The highest BCUT2D eigenvalue weighted by molar-refractivity contribution is 6.18. The summed E-state index contributed by atoms with van der Waals surface area (Å²) in [5.41, 5.74) is 0. The molecule has 0 aromatic carbocycles. The van der Waals surface area contributed by atoms with Crippen molar-refractivity contribution in [1.82, 2.24) is 0 Å². The van der Waals surface area contributed by atoms with Crippen molar-refractivity contribution in [2.75, 3.05) is 5.88 Å². The van der Waals surface area contributed by atoms with Crippen LogP contribution in [0.5, 0.6) is 0 Å². The van der Waals surface area contributed by atoms with Crippen molar-refractivity contribution in [3.63, 3.8) is 0 Å². The average Bonchev–Trinajstić information content (AvgIpc) is 1.64. The van der Waals surface area contributed by atoms with Crippen LogP contribution in [-0.2, 0) is 0 Å². The minimum atomic E-state index is -5.02. The summed E-state index contributed by atoms with van der Waals surface area (Å²) in [6.45, 7) is 0. The van der Waals surface area contributed by atoms with Crippen LogP contribution in [0.25, 0.3) is 0 Å². The predicted octanol–water partition coefficient (Wildman–Crippen LogP) is 1.45. The van der Waals surface area contributed by atoms with E-state index in [1.165, 1.54) is 0 Å². The molecule has 0 unspecified atom stereocenters. The first kappa shape index (κ1) is 8.97. The van der Waals surface area contributed by atoms with E-state index >= 15 is 0 Å². The number of halogens is 5. The van der Waals surface area contributed by atoms with Gasteiger partial charge in [-0.15, -0.1) is 11.6 Å². The molecule has 56 valence electrons. The zero-order valence-electron chi connectivity index (χ0n) is 4.04. The summed E-state index contributed by atoms with van der Waals surface area (Å²) >= 11 is 4.39. The third kappa shape index (κ3) is 1.98. The van der Waals surface area contributed by atoms with E-state index in [4.69, 9.17) is 5.11 Å². The van der Waals surface area contributed by atoms with Gasteiger partial charge in [0.25, 0.3) is 0 Å². The van der Waals surface area contributed by atoms with Crippen LogP contribution in [0.2, 0.25) is 0 Å². The molecule has 0 aromatic rings. The molecule has 0 atom stereocenters. The van der Waals surface area contributed by atoms with Crippen molar-refractivity contribution in [2.45, 2.75) is 12.0 Å². The van der Waals surface area contributed by atoms with Gasteiger partial charge in [-0.25, -0.2) is 0 Å². The van der Waals surface area contributed by atoms with Crippen molar-refractivity contribution in [3.05, 3.63) is 0 Å². The Morgan fingerprint density at radius 3 is 1.56 bits per heavy atom. The number of rotatable bonds is 2. The Kier molecular flexibility index (Phi) is 2.29. The highest BCUT2D eigenvalue weighted by atomic mass is 35.5. The van der Waals surface area contributed by atoms with Gasteiger partial charge in [0.05, 0.1) is 5.88 Å². The van der Waals surface area contributed by atoms with Crippen LogP contribution in [-0.4, -0.2) is 23.0 Å². The van der Waals surface area contributed by atoms with E-state index in [2.05, 4.69) is 11.6 Å². The number of hydrogen-bond donors (Lipinski definition) is 1. The van der Waals surface area contributed by atoms with E-state index in [-0.39, 0.29) is 0 Å². The van der Waals surface area contributed by atoms with Crippen LogP contribution in [0.3, 0.4) is 0 Å². The van der Waals surface area contributed by atoms with Crippen molar-refractivity contribution < 1.29 is 22.7 Å². The monoisotopic (exact) mass is 166 g/mol. The van der Waals surface area contributed by atoms with Crippen LogP contribution in [0.4, 0.5) is 17.6 Å². The standard InChI is InChI=1S/C3H3ClF4O/c4-1-2(5,6)3(7,8)9/h9H,1H2. The fourth-order valence-electron chi connectivity index (χ4n) is 0.0804. The Morgan fingerprint density at radius 2 is 1.56 bits per heavy atom. The molecule has 6 heteroatoms. The molecule has 1 nitrogen and oxygen atoms in total. The molecule has 0 heterocycles. The maximum absolute atomic E-state index is 11.5. The van der Waals surface area contributed by atoms with Gasteiger partial charge in [0.1, 0.15) is 0 Å². The molecule has 0 aromatic heterocycles.